The van der Waals surface area contributed by atoms with Crippen molar-refractivity contribution in [1.29, 1.82) is 0 Å². The summed E-state index contributed by atoms with van der Waals surface area (Å²) < 4.78 is 6.02. The first-order valence-electron chi connectivity index (χ1n) is 7.87. The fourth-order valence-electron chi connectivity index (χ4n) is 2.90. The van der Waals surface area contributed by atoms with E-state index in [4.69, 9.17) is 4.42 Å². The molecule has 0 aliphatic carbocycles. The summed E-state index contributed by atoms with van der Waals surface area (Å²) in [5.41, 5.74) is 1.73. The maximum absolute atomic E-state index is 6.02. The molecule has 1 aliphatic heterocycles. The first-order chi connectivity index (χ1) is 9.35. The molecule has 0 unspecified atom stereocenters. The lowest BCUT2D eigenvalue weighted by atomic mass is 9.93. The Labute approximate surface area is 123 Å². The fourth-order valence-corrected chi connectivity index (χ4v) is 2.90. The second-order valence-corrected chi connectivity index (χ2v) is 7.47. The normalized spacial score (nSPS) is 19.1. The zero-order valence-electron chi connectivity index (χ0n) is 13.8. The quantitative estimate of drug-likeness (QED) is 0.862. The van der Waals surface area contributed by atoms with Gasteiger partial charge < -0.3 is 9.73 Å². The molecular formula is C17H30N2O. The first-order valence-corrected chi connectivity index (χ1v) is 7.87. The molecule has 1 aromatic heterocycles. The lowest BCUT2D eigenvalue weighted by Crippen LogP contribution is -2.22. The molecule has 20 heavy (non-hydrogen) atoms. The predicted octanol–water partition coefficient (Wildman–Crippen LogP) is 3.57. The van der Waals surface area contributed by atoms with Crippen LogP contribution in [0.2, 0.25) is 0 Å². The van der Waals surface area contributed by atoms with Crippen molar-refractivity contribution in [2.75, 3.05) is 19.6 Å². The zero-order chi connectivity index (χ0) is 14.8. The summed E-state index contributed by atoms with van der Waals surface area (Å²) in [6.45, 7) is 16.5. The van der Waals surface area contributed by atoms with E-state index in [0.29, 0.717) is 11.3 Å². The van der Waals surface area contributed by atoms with Crippen molar-refractivity contribution in [2.24, 2.45) is 11.3 Å². The van der Waals surface area contributed by atoms with Gasteiger partial charge in [0.1, 0.15) is 11.5 Å². The number of furan rings is 1. The highest BCUT2D eigenvalue weighted by Crippen LogP contribution is 2.30. The third-order valence-corrected chi connectivity index (χ3v) is 4.05. The molecule has 3 nitrogen and oxygen atoms in total. The largest absolute Gasteiger partial charge is 0.463 e. The van der Waals surface area contributed by atoms with Crippen molar-refractivity contribution in [3.8, 4) is 0 Å². The zero-order valence-corrected chi connectivity index (χ0v) is 13.8. The van der Waals surface area contributed by atoms with Crippen LogP contribution in [0.5, 0.6) is 0 Å². The van der Waals surface area contributed by atoms with Crippen LogP contribution in [0.15, 0.2) is 10.5 Å². The lowest BCUT2D eigenvalue weighted by Gasteiger charge is -2.18. The van der Waals surface area contributed by atoms with E-state index in [-0.39, 0.29) is 0 Å². The van der Waals surface area contributed by atoms with Crippen molar-refractivity contribution >= 4 is 0 Å². The van der Waals surface area contributed by atoms with Crippen LogP contribution >= 0.6 is 0 Å². The Morgan fingerprint density at radius 1 is 1.40 bits per heavy atom. The van der Waals surface area contributed by atoms with E-state index in [1.54, 1.807) is 0 Å². The molecule has 0 atom stereocenters. The molecule has 0 saturated carbocycles. The molecule has 114 valence electrons. The minimum absolute atomic E-state index is 0.462. The van der Waals surface area contributed by atoms with Gasteiger partial charge in [0.15, 0.2) is 0 Å². The highest BCUT2D eigenvalue weighted by Gasteiger charge is 2.29. The summed E-state index contributed by atoms with van der Waals surface area (Å²) in [6.07, 6.45) is 1.29. The van der Waals surface area contributed by atoms with Gasteiger partial charge in [-0.25, -0.2) is 0 Å². The van der Waals surface area contributed by atoms with Crippen LogP contribution in [-0.4, -0.2) is 24.5 Å². The maximum atomic E-state index is 6.02. The summed E-state index contributed by atoms with van der Waals surface area (Å²) >= 11 is 0. The van der Waals surface area contributed by atoms with Crippen LogP contribution in [-0.2, 0) is 13.1 Å². The number of likely N-dealkylation sites (tertiary alicyclic amines) is 1. The van der Waals surface area contributed by atoms with Crippen LogP contribution in [0.1, 0.15) is 51.2 Å². The molecule has 0 radical (unpaired) electrons. The van der Waals surface area contributed by atoms with Crippen molar-refractivity contribution in [3.63, 3.8) is 0 Å². The average molecular weight is 278 g/mol. The predicted molar refractivity (Wildman–Crippen MR) is 83.7 cm³/mol. The van der Waals surface area contributed by atoms with E-state index in [1.165, 1.54) is 25.1 Å². The molecule has 0 spiro atoms. The van der Waals surface area contributed by atoms with Crippen molar-refractivity contribution in [3.05, 3.63) is 23.2 Å². The molecule has 1 N–H and O–H groups in total. The molecule has 0 aromatic carbocycles. The number of nitrogens with one attached hydrogen (secondary N) is 1. The number of nitrogens with zero attached hydrogens (tertiary/aromatic N) is 1. The Kier molecular flexibility index (Phi) is 4.92. The second-order valence-electron chi connectivity index (χ2n) is 7.47. The third-order valence-electron chi connectivity index (χ3n) is 4.05. The van der Waals surface area contributed by atoms with Gasteiger partial charge in [-0.05, 0) is 49.4 Å². The van der Waals surface area contributed by atoms with Gasteiger partial charge >= 0.3 is 0 Å². The Hall–Kier alpha value is -0.800. The number of aryl methyl sites for hydroxylation is 1. The Morgan fingerprint density at radius 2 is 2.15 bits per heavy atom. The average Bonchev–Trinajstić information content (AvgIpc) is 2.82. The van der Waals surface area contributed by atoms with E-state index >= 15 is 0 Å². The van der Waals surface area contributed by atoms with Gasteiger partial charge in [0.05, 0.1) is 13.1 Å². The Morgan fingerprint density at radius 3 is 2.75 bits per heavy atom. The molecule has 0 bridgehead atoms. The monoisotopic (exact) mass is 278 g/mol. The van der Waals surface area contributed by atoms with Crippen LogP contribution in [0, 0.1) is 18.3 Å². The van der Waals surface area contributed by atoms with E-state index in [2.05, 4.69) is 50.9 Å². The van der Waals surface area contributed by atoms with Crippen molar-refractivity contribution in [2.45, 2.75) is 54.1 Å². The van der Waals surface area contributed by atoms with E-state index in [9.17, 15) is 0 Å². The first kappa shape index (κ1) is 15.6. The molecule has 2 rings (SSSR count). The molecule has 1 saturated heterocycles. The maximum Gasteiger partial charge on any atom is 0.120 e. The summed E-state index contributed by atoms with van der Waals surface area (Å²) in [4.78, 5) is 2.50. The molecule has 1 aromatic rings. The van der Waals surface area contributed by atoms with Crippen molar-refractivity contribution < 1.29 is 4.42 Å². The number of hydrogen-bond donors (Lipinski definition) is 1. The minimum atomic E-state index is 0.462. The lowest BCUT2D eigenvalue weighted by molar-refractivity contribution is 0.259. The highest BCUT2D eigenvalue weighted by atomic mass is 16.3. The van der Waals surface area contributed by atoms with Gasteiger partial charge in [-0.1, -0.05) is 27.7 Å². The van der Waals surface area contributed by atoms with Gasteiger partial charge in [0.25, 0.3) is 0 Å². The molecule has 1 aliphatic rings. The van der Waals surface area contributed by atoms with Crippen LogP contribution in [0.3, 0.4) is 0 Å². The summed E-state index contributed by atoms with van der Waals surface area (Å²) in [5, 5.41) is 3.45. The molecular weight excluding hydrogens is 248 g/mol. The van der Waals surface area contributed by atoms with Crippen LogP contribution < -0.4 is 5.32 Å². The van der Waals surface area contributed by atoms with Gasteiger partial charge in [-0.15, -0.1) is 0 Å². The van der Waals surface area contributed by atoms with Crippen LogP contribution in [0.25, 0.3) is 0 Å². The molecule has 0 amide bonds. The molecule has 1 fully saturated rings. The molecule has 3 heteroatoms. The SMILES string of the molecule is Cc1cc(CN2CCC(C)(C)C2)oc1CNCC(C)C. The summed E-state index contributed by atoms with van der Waals surface area (Å²) in [7, 11) is 0. The minimum Gasteiger partial charge on any atom is -0.463 e. The smallest absolute Gasteiger partial charge is 0.120 e. The Bertz CT molecular complexity index is 434. The number of hydrogen-bond acceptors (Lipinski definition) is 3. The Balaban J connectivity index is 1.87. The van der Waals surface area contributed by atoms with Gasteiger partial charge in [-0.2, -0.15) is 0 Å². The topological polar surface area (TPSA) is 28.4 Å². The van der Waals surface area contributed by atoms with E-state index in [1.807, 2.05) is 0 Å². The van der Waals surface area contributed by atoms with Gasteiger partial charge in [0.2, 0.25) is 0 Å². The fraction of sp³-hybridized carbons (Fsp3) is 0.765. The standard InChI is InChI=1S/C17H30N2O/c1-13(2)9-18-10-16-14(3)8-15(20-16)11-19-7-6-17(4,5)12-19/h8,13,18H,6-7,9-12H2,1-5H3. The summed E-state index contributed by atoms with van der Waals surface area (Å²) in [5.74, 6) is 2.89. The third kappa shape index (κ3) is 4.35. The number of rotatable bonds is 6. The van der Waals surface area contributed by atoms with Gasteiger partial charge in [-0.3, -0.25) is 4.90 Å². The highest BCUT2D eigenvalue weighted by molar-refractivity contribution is 5.20. The van der Waals surface area contributed by atoms with Crippen LogP contribution in [0.4, 0.5) is 0 Å². The second kappa shape index (κ2) is 6.31. The van der Waals surface area contributed by atoms with Crippen molar-refractivity contribution in [1.82, 2.24) is 10.2 Å². The van der Waals surface area contributed by atoms with Gasteiger partial charge in [0, 0.05) is 6.54 Å². The summed E-state index contributed by atoms with van der Waals surface area (Å²) in [6, 6.07) is 2.21. The van der Waals surface area contributed by atoms with E-state index in [0.717, 1.165) is 31.2 Å². The van der Waals surface area contributed by atoms with E-state index < -0.39 is 0 Å². The molecule has 2 heterocycles.